The van der Waals surface area contributed by atoms with Gasteiger partial charge in [-0.05, 0) is 0 Å². The number of aromatic nitrogens is 5. The van der Waals surface area contributed by atoms with Gasteiger partial charge in [-0.2, -0.15) is 5.10 Å². The molecule has 0 atom stereocenters. The fraction of sp³-hybridized carbons (Fsp3) is 0.273. The highest BCUT2D eigenvalue weighted by Gasteiger charge is 2.07. The molecule has 0 aliphatic rings. The molecule has 2 aromatic heterocycles. The normalized spacial score (nSPS) is 10.4. The van der Waals surface area contributed by atoms with Crippen LogP contribution in [-0.4, -0.2) is 31.3 Å². The maximum atomic E-state index is 11.8. The Hall–Kier alpha value is -2.15. The van der Waals surface area contributed by atoms with Gasteiger partial charge in [-0.3, -0.25) is 9.48 Å². The molecule has 19 heavy (non-hydrogen) atoms. The molecule has 0 bridgehead atoms. The minimum atomic E-state index is -0.340. The molecule has 8 heteroatoms. The minimum Gasteiger partial charge on any atom is -0.381 e. The molecule has 1 N–H and O–H groups in total. The summed E-state index contributed by atoms with van der Waals surface area (Å²) in [5.74, 6) is 0. The predicted octanol–water partition coefficient (Wildman–Crippen LogP) is 0.786. The number of hydrogen-bond donors (Lipinski definition) is 1. The summed E-state index contributed by atoms with van der Waals surface area (Å²) in [4.78, 5) is 11.8. The Labute approximate surface area is 114 Å². The average molecular weight is 281 g/mol. The lowest BCUT2D eigenvalue weighted by molar-refractivity contribution is 0.607. The molecule has 100 valence electrons. The molecule has 0 unspecified atom stereocenters. The van der Waals surface area contributed by atoms with E-state index in [2.05, 4.69) is 27.3 Å². The van der Waals surface area contributed by atoms with E-state index >= 15 is 0 Å². The molecule has 0 amide bonds. The molecule has 2 heterocycles. The van der Waals surface area contributed by atoms with E-state index < -0.39 is 0 Å². The highest BCUT2D eigenvalue weighted by Crippen LogP contribution is 2.14. The van der Waals surface area contributed by atoms with E-state index in [1.807, 2.05) is 0 Å². The molecular formula is C11H13ClN6O. The smallest absolute Gasteiger partial charge is 0.287 e. The van der Waals surface area contributed by atoms with Crippen LogP contribution in [0.1, 0.15) is 0 Å². The van der Waals surface area contributed by atoms with Gasteiger partial charge in [0, 0.05) is 12.7 Å². The number of allylic oxidation sites excluding steroid dienone is 1. The van der Waals surface area contributed by atoms with Gasteiger partial charge in [-0.15, -0.1) is 11.7 Å². The van der Waals surface area contributed by atoms with Crippen LogP contribution in [0, 0.1) is 0 Å². The van der Waals surface area contributed by atoms with Gasteiger partial charge in [-0.25, -0.2) is 4.68 Å². The predicted molar refractivity (Wildman–Crippen MR) is 72.2 cm³/mol. The fourth-order valence-corrected chi connectivity index (χ4v) is 1.71. The van der Waals surface area contributed by atoms with Crippen LogP contribution in [0.5, 0.6) is 0 Å². The zero-order valence-corrected chi connectivity index (χ0v) is 10.9. The third-order valence-electron chi connectivity index (χ3n) is 2.42. The van der Waals surface area contributed by atoms with E-state index in [9.17, 15) is 4.79 Å². The molecular weight excluding hydrogens is 268 g/mol. The van der Waals surface area contributed by atoms with Crippen molar-refractivity contribution >= 4 is 17.3 Å². The Bertz CT molecular complexity index is 606. The van der Waals surface area contributed by atoms with Crippen LogP contribution >= 0.6 is 11.6 Å². The van der Waals surface area contributed by atoms with E-state index in [1.54, 1.807) is 23.2 Å². The quantitative estimate of drug-likeness (QED) is 0.792. The maximum absolute atomic E-state index is 11.8. The van der Waals surface area contributed by atoms with Crippen molar-refractivity contribution in [3.63, 3.8) is 0 Å². The molecule has 0 aliphatic carbocycles. The minimum absolute atomic E-state index is 0.121. The van der Waals surface area contributed by atoms with Gasteiger partial charge in [0.25, 0.3) is 5.56 Å². The van der Waals surface area contributed by atoms with Crippen molar-refractivity contribution in [2.75, 3.05) is 11.9 Å². The van der Waals surface area contributed by atoms with Crippen LogP contribution in [0.25, 0.3) is 0 Å². The summed E-state index contributed by atoms with van der Waals surface area (Å²) in [6, 6.07) is 0. The second-order valence-corrected chi connectivity index (χ2v) is 4.12. The van der Waals surface area contributed by atoms with Crippen molar-refractivity contribution in [3.05, 3.63) is 46.6 Å². The Morgan fingerprint density at radius 2 is 2.37 bits per heavy atom. The van der Waals surface area contributed by atoms with Crippen LogP contribution in [0.15, 0.2) is 36.0 Å². The molecule has 0 aliphatic heterocycles. The van der Waals surface area contributed by atoms with Gasteiger partial charge in [0.15, 0.2) is 0 Å². The summed E-state index contributed by atoms with van der Waals surface area (Å²) >= 11 is 5.99. The van der Waals surface area contributed by atoms with Crippen LogP contribution in [0.3, 0.4) is 0 Å². The van der Waals surface area contributed by atoms with Crippen LogP contribution in [-0.2, 0) is 13.1 Å². The lowest BCUT2D eigenvalue weighted by Gasteiger charge is -2.09. The highest BCUT2D eigenvalue weighted by molar-refractivity contribution is 6.32. The third-order valence-corrected chi connectivity index (χ3v) is 2.78. The van der Waals surface area contributed by atoms with Crippen LogP contribution in [0.2, 0.25) is 5.02 Å². The average Bonchev–Trinajstić information content (AvgIpc) is 2.91. The van der Waals surface area contributed by atoms with Crippen molar-refractivity contribution in [2.24, 2.45) is 0 Å². The summed E-state index contributed by atoms with van der Waals surface area (Å²) in [5.41, 5.74) is 0.166. The van der Waals surface area contributed by atoms with Crippen LogP contribution in [0.4, 0.5) is 5.69 Å². The summed E-state index contributed by atoms with van der Waals surface area (Å²) < 4.78 is 2.92. The van der Waals surface area contributed by atoms with Crippen LogP contribution < -0.4 is 10.9 Å². The fourth-order valence-electron chi connectivity index (χ4n) is 1.50. The van der Waals surface area contributed by atoms with Gasteiger partial charge >= 0.3 is 0 Å². The monoisotopic (exact) mass is 280 g/mol. The number of hydrogen-bond acceptors (Lipinski definition) is 5. The Balaban J connectivity index is 2.02. The van der Waals surface area contributed by atoms with Gasteiger partial charge in [0.1, 0.15) is 5.02 Å². The SMILES string of the molecule is C=CCn1ncc(NCCn2ccnn2)c(Cl)c1=O. The van der Waals surface area contributed by atoms with Crippen molar-refractivity contribution in [1.29, 1.82) is 0 Å². The number of nitrogens with zero attached hydrogens (tertiary/aromatic N) is 5. The van der Waals surface area contributed by atoms with E-state index in [-0.39, 0.29) is 10.6 Å². The first-order valence-corrected chi connectivity index (χ1v) is 6.04. The first-order chi connectivity index (χ1) is 9.22. The number of rotatable bonds is 6. The maximum Gasteiger partial charge on any atom is 0.287 e. The van der Waals surface area contributed by atoms with Gasteiger partial charge in [-0.1, -0.05) is 22.9 Å². The zero-order valence-electron chi connectivity index (χ0n) is 10.2. The third kappa shape index (κ3) is 3.19. The first kappa shape index (κ1) is 13.3. The summed E-state index contributed by atoms with van der Waals surface area (Å²) in [5, 5.41) is 14.7. The van der Waals surface area contributed by atoms with Crippen molar-refractivity contribution in [3.8, 4) is 0 Å². The summed E-state index contributed by atoms with van der Waals surface area (Å²) in [6.07, 6.45) is 6.46. The first-order valence-electron chi connectivity index (χ1n) is 5.67. The highest BCUT2D eigenvalue weighted by atomic mass is 35.5. The number of halogens is 1. The molecule has 0 spiro atoms. The standard InChI is InChI=1S/C11H13ClN6O/c1-2-5-18-11(19)10(12)9(8-15-18)13-3-6-17-7-4-14-16-17/h2,4,7-8,13H,1,3,5-6H2. The van der Waals surface area contributed by atoms with E-state index in [0.717, 1.165) is 0 Å². The Morgan fingerprint density at radius 3 is 3.05 bits per heavy atom. The number of anilines is 1. The van der Waals surface area contributed by atoms with Crippen molar-refractivity contribution < 1.29 is 0 Å². The van der Waals surface area contributed by atoms with Gasteiger partial charge in [0.2, 0.25) is 0 Å². The second-order valence-electron chi connectivity index (χ2n) is 3.74. The number of nitrogens with one attached hydrogen (secondary N) is 1. The molecule has 0 saturated carbocycles. The molecule has 0 saturated heterocycles. The van der Waals surface area contributed by atoms with Gasteiger partial charge in [0.05, 0.1) is 31.2 Å². The van der Waals surface area contributed by atoms with Crippen molar-refractivity contribution in [1.82, 2.24) is 24.8 Å². The molecule has 0 fully saturated rings. The van der Waals surface area contributed by atoms with Gasteiger partial charge < -0.3 is 5.32 Å². The Morgan fingerprint density at radius 1 is 1.53 bits per heavy atom. The van der Waals surface area contributed by atoms with E-state index in [1.165, 1.54) is 10.9 Å². The molecule has 0 radical (unpaired) electrons. The molecule has 2 aromatic rings. The topological polar surface area (TPSA) is 77.6 Å². The summed E-state index contributed by atoms with van der Waals surface area (Å²) in [7, 11) is 0. The van der Waals surface area contributed by atoms with E-state index in [4.69, 9.17) is 11.6 Å². The molecule has 2 rings (SSSR count). The molecule has 0 aromatic carbocycles. The largest absolute Gasteiger partial charge is 0.381 e. The molecule has 7 nitrogen and oxygen atoms in total. The zero-order chi connectivity index (χ0) is 13.7. The lowest BCUT2D eigenvalue weighted by Crippen LogP contribution is -2.24. The van der Waals surface area contributed by atoms with E-state index in [0.29, 0.717) is 25.3 Å². The lowest BCUT2D eigenvalue weighted by atomic mass is 10.4. The van der Waals surface area contributed by atoms with Crippen molar-refractivity contribution in [2.45, 2.75) is 13.1 Å². The Kier molecular flexibility index (Phi) is 4.30. The second kappa shape index (κ2) is 6.14. The summed E-state index contributed by atoms with van der Waals surface area (Å²) in [6.45, 7) is 5.07.